The van der Waals surface area contributed by atoms with Gasteiger partial charge in [-0.2, -0.15) is 0 Å². The second kappa shape index (κ2) is 6.49. The van der Waals surface area contributed by atoms with E-state index < -0.39 is 0 Å². The van der Waals surface area contributed by atoms with E-state index in [-0.39, 0.29) is 0 Å². The quantitative estimate of drug-likeness (QED) is 0.646. The van der Waals surface area contributed by atoms with Gasteiger partial charge in [0, 0.05) is 10.5 Å². The number of nitrogens with one attached hydrogen (secondary N) is 1. The molecule has 1 saturated carbocycles. The van der Waals surface area contributed by atoms with Crippen molar-refractivity contribution >= 4 is 44.8 Å². The van der Waals surface area contributed by atoms with Gasteiger partial charge in [0.1, 0.15) is 0 Å². The highest BCUT2D eigenvalue weighted by atomic mass is 79.9. The van der Waals surface area contributed by atoms with Gasteiger partial charge in [0.2, 0.25) is 0 Å². The molecule has 1 aliphatic carbocycles. The van der Waals surface area contributed by atoms with Crippen molar-refractivity contribution in [2.45, 2.75) is 45.1 Å². The molecule has 2 atom stereocenters. The summed E-state index contributed by atoms with van der Waals surface area (Å²) in [6, 6.07) is 4.46. The summed E-state index contributed by atoms with van der Waals surface area (Å²) < 4.78 is 0.842. The minimum Gasteiger partial charge on any atom is -0.381 e. The van der Waals surface area contributed by atoms with E-state index in [0.29, 0.717) is 16.1 Å². The first kappa shape index (κ1) is 14.5. The number of halogens is 3. The van der Waals surface area contributed by atoms with Gasteiger partial charge in [-0.25, -0.2) is 0 Å². The SMILES string of the molecule is CCC1CCCC(Nc2ccc(Br)c(Cl)c2Cl)C1. The summed E-state index contributed by atoms with van der Waals surface area (Å²) >= 11 is 15.8. The third kappa shape index (κ3) is 3.34. The molecule has 2 unspecified atom stereocenters. The van der Waals surface area contributed by atoms with Crippen LogP contribution in [0, 0.1) is 5.92 Å². The number of rotatable bonds is 3. The molecule has 4 heteroatoms. The van der Waals surface area contributed by atoms with Crippen LogP contribution in [0.2, 0.25) is 10.0 Å². The van der Waals surface area contributed by atoms with Gasteiger partial charge in [-0.3, -0.25) is 0 Å². The van der Waals surface area contributed by atoms with Gasteiger partial charge in [-0.15, -0.1) is 0 Å². The molecular formula is C14H18BrCl2N. The topological polar surface area (TPSA) is 12.0 Å². The van der Waals surface area contributed by atoms with Gasteiger partial charge in [0.05, 0.1) is 15.7 Å². The molecule has 0 spiro atoms. The average molecular weight is 351 g/mol. The van der Waals surface area contributed by atoms with Crippen LogP contribution in [0.5, 0.6) is 0 Å². The van der Waals surface area contributed by atoms with E-state index in [1.165, 1.54) is 32.1 Å². The van der Waals surface area contributed by atoms with E-state index in [4.69, 9.17) is 23.2 Å². The first-order valence-corrected chi connectivity index (χ1v) is 8.06. The first-order valence-electron chi connectivity index (χ1n) is 6.51. The highest BCUT2D eigenvalue weighted by Crippen LogP contribution is 2.37. The van der Waals surface area contributed by atoms with E-state index in [2.05, 4.69) is 28.2 Å². The Balaban J connectivity index is 2.07. The summed E-state index contributed by atoms with van der Waals surface area (Å²) in [6.07, 6.45) is 6.40. The molecule has 18 heavy (non-hydrogen) atoms. The van der Waals surface area contributed by atoms with Crippen LogP contribution in [0.3, 0.4) is 0 Å². The van der Waals surface area contributed by atoms with Crippen molar-refractivity contribution in [1.29, 1.82) is 0 Å². The van der Waals surface area contributed by atoms with Crippen LogP contribution >= 0.6 is 39.1 Å². The summed E-state index contributed by atoms with van der Waals surface area (Å²) in [5.74, 6) is 0.848. The lowest BCUT2D eigenvalue weighted by atomic mass is 9.84. The average Bonchev–Trinajstić information content (AvgIpc) is 2.40. The Morgan fingerprint density at radius 1 is 1.28 bits per heavy atom. The summed E-state index contributed by atoms with van der Waals surface area (Å²) in [4.78, 5) is 0. The Kier molecular flexibility index (Phi) is 5.23. The van der Waals surface area contributed by atoms with Crippen molar-refractivity contribution in [1.82, 2.24) is 0 Å². The molecule has 0 bridgehead atoms. The maximum absolute atomic E-state index is 6.26. The van der Waals surface area contributed by atoms with Gasteiger partial charge in [-0.1, -0.05) is 49.4 Å². The molecule has 0 aromatic heterocycles. The highest BCUT2D eigenvalue weighted by molar-refractivity contribution is 9.10. The van der Waals surface area contributed by atoms with Crippen LogP contribution in [0.1, 0.15) is 39.0 Å². The van der Waals surface area contributed by atoms with E-state index in [0.717, 1.165) is 16.1 Å². The highest BCUT2D eigenvalue weighted by Gasteiger charge is 2.21. The lowest BCUT2D eigenvalue weighted by molar-refractivity contribution is 0.327. The molecule has 1 N–H and O–H groups in total. The monoisotopic (exact) mass is 349 g/mol. The van der Waals surface area contributed by atoms with E-state index in [9.17, 15) is 0 Å². The fraction of sp³-hybridized carbons (Fsp3) is 0.571. The van der Waals surface area contributed by atoms with Crippen molar-refractivity contribution in [3.8, 4) is 0 Å². The Morgan fingerprint density at radius 3 is 2.78 bits per heavy atom. The summed E-state index contributed by atoms with van der Waals surface area (Å²) in [6.45, 7) is 2.27. The van der Waals surface area contributed by atoms with Crippen LogP contribution in [0.4, 0.5) is 5.69 Å². The Bertz CT molecular complexity index is 423. The van der Waals surface area contributed by atoms with Gasteiger partial charge in [0.25, 0.3) is 0 Å². The van der Waals surface area contributed by atoms with Crippen molar-refractivity contribution < 1.29 is 0 Å². The van der Waals surface area contributed by atoms with Gasteiger partial charge < -0.3 is 5.32 Å². The summed E-state index contributed by atoms with van der Waals surface area (Å²) in [5.41, 5.74) is 0.951. The Morgan fingerprint density at radius 2 is 2.06 bits per heavy atom. The molecule has 0 heterocycles. The van der Waals surface area contributed by atoms with Crippen LogP contribution < -0.4 is 5.32 Å². The molecule has 0 saturated heterocycles. The largest absolute Gasteiger partial charge is 0.381 e. The van der Waals surface area contributed by atoms with Crippen molar-refractivity contribution in [3.63, 3.8) is 0 Å². The minimum absolute atomic E-state index is 0.526. The number of hydrogen-bond donors (Lipinski definition) is 1. The van der Waals surface area contributed by atoms with Crippen molar-refractivity contribution in [3.05, 3.63) is 26.7 Å². The van der Waals surface area contributed by atoms with Crippen LogP contribution in [-0.2, 0) is 0 Å². The maximum Gasteiger partial charge on any atom is 0.0835 e. The zero-order valence-corrected chi connectivity index (χ0v) is 13.6. The van der Waals surface area contributed by atoms with E-state index in [1.807, 2.05) is 12.1 Å². The number of benzene rings is 1. The number of anilines is 1. The predicted molar refractivity (Wildman–Crippen MR) is 83.8 cm³/mol. The van der Waals surface area contributed by atoms with Crippen LogP contribution in [-0.4, -0.2) is 6.04 Å². The predicted octanol–water partition coefficient (Wildman–Crippen LogP) is 6.14. The molecule has 0 aliphatic heterocycles. The second-order valence-corrected chi connectivity index (χ2v) is 6.62. The first-order chi connectivity index (χ1) is 8.61. The molecule has 2 rings (SSSR count). The van der Waals surface area contributed by atoms with Gasteiger partial charge in [-0.05, 0) is 46.8 Å². The van der Waals surface area contributed by atoms with E-state index >= 15 is 0 Å². The van der Waals surface area contributed by atoms with Gasteiger partial charge in [0.15, 0.2) is 0 Å². The lowest BCUT2D eigenvalue weighted by Crippen LogP contribution is -2.27. The Labute approximate surface area is 127 Å². The molecule has 1 aliphatic rings. The second-order valence-electron chi connectivity index (χ2n) is 5.01. The number of hydrogen-bond acceptors (Lipinski definition) is 1. The standard InChI is InChI=1S/C14H18BrCl2N/c1-2-9-4-3-5-10(8-9)18-12-7-6-11(15)13(16)14(12)17/h6-7,9-10,18H,2-5,8H2,1H3. The lowest BCUT2D eigenvalue weighted by Gasteiger charge is -2.30. The third-order valence-corrected chi connectivity index (χ3v) is 5.53. The summed E-state index contributed by atoms with van der Waals surface area (Å²) in [5, 5.41) is 4.75. The molecule has 0 radical (unpaired) electrons. The van der Waals surface area contributed by atoms with Crippen molar-refractivity contribution in [2.24, 2.45) is 5.92 Å². The van der Waals surface area contributed by atoms with Crippen LogP contribution in [0.25, 0.3) is 0 Å². The molecule has 0 amide bonds. The maximum atomic E-state index is 6.26. The third-order valence-electron chi connectivity index (χ3n) is 3.75. The molecule has 1 aromatic rings. The molecular weight excluding hydrogens is 333 g/mol. The zero-order chi connectivity index (χ0) is 13.1. The molecule has 1 fully saturated rings. The zero-order valence-electron chi connectivity index (χ0n) is 10.5. The van der Waals surface area contributed by atoms with Gasteiger partial charge >= 0.3 is 0 Å². The minimum atomic E-state index is 0.526. The summed E-state index contributed by atoms with van der Waals surface area (Å²) in [7, 11) is 0. The van der Waals surface area contributed by atoms with Crippen LogP contribution in [0.15, 0.2) is 16.6 Å². The molecule has 100 valence electrons. The normalized spacial score (nSPS) is 24.0. The molecule has 1 nitrogen and oxygen atoms in total. The fourth-order valence-corrected chi connectivity index (χ4v) is 3.48. The smallest absolute Gasteiger partial charge is 0.0835 e. The Hall–Kier alpha value is 0.0800. The fourth-order valence-electron chi connectivity index (χ4n) is 2.65. The van der Waals surface area contributed by atoms with E-state index in [1.54, 1.807) is 0 Å². The van der Waals surface area contributed by atoms with Crippen molar-refractivity contribution in [2.75, 3.05) is 5.32 Å². The molecule has 1 aromatic carbocycles.